The molecule has 0 amide bonds. The molecular formula is C29H19N3S. The van der Waals surface area contributed by atoms with Gasteiger partial charge in [-0.15, -0.1) is 11.3 Å². The van der Waals surface area contributed by atoms with Crippen molar-refractivity contribution in [2.75, 3.05) is 0 Å². The van der Waals surface area contributed by atoms with Crippen LogP contribution in [0.4, 0.5) is 0 Å². The molecule has 2 heterocycles. The van der Waals surface area contributed by atoms with E-state index in [9.17, 15) is 0 Å². The van der Waals surface area contributed by atoms with Crippen molar-refractivity contribution >= 4 is 21.4 Å². The summed E-state index contributed by atoms with van der Waals surface area (Å²) in [7, 11) is 0. The van der Waals surface area contributed by atoms with Crippen molar-refractivity contribution in [1.29, 1.82) is 0 Å². The highest BCUT2D eigenvalue weighted by Crippen LogP contribution is 2.35. The van der Waals surface area contributed by atoms with E-state index in [0.29, 0.717) is 17.5 Å². The van der Waals surface area contributed by atoms with Gasteiger partial charge in [0, 0.05) is 15.8 Å². The molecule has 0 spiro atoms. The van der Waals surface area contributed by atoms with Crippen molar-refractivity contribution in [3.8, 4) is 44.6 Å². The molecule has 0 atom stereocenters. The van der Waals surface area contributed by atoms with Crippen LogP contribution in [0.1, 0.15) is 0 Å². The predicted octanol–water partition coefficient (Wildman–Crippen LogP) is 7.75. The van der Waals surface area contributed by atoms with E-state index in [0.717, 1.165) is 16.0 Å². The summed E-state index contributed by atoms with van der Waals surface area (Å²) < 4.78 is 1.22. The van der Waals surface area contributed by atoms with E-state index in [2.05, 4.69) is 48.5 Å². The zero-order valence-electron chi connectivity index (χ0n) is 17.7. The van der Waals surface area contributed by atoms with Gasteiger partial charge in [-0.05, 0) is 28.6 Å². The van der Waals surface area contributed by atoms with Crippen LogP contribution in [0.5, 0.6) is 0 Å². The fourth-order valence-electron chi connectivity index (χ4n) is 3.87. The van der Waals surface area contributed by atoms with Crippen LogP contribution in [0.15, 0.2) is 115 Å². The highest BCUT2D eigenvalue weighted by molar-refractivity contribution is 7.22. The molecule has 0 N–H and O–H groups in total. The largest absolute Gasteiger partial charge is 0.208 e. The summed E-state index contributed by atoms with van der Waals surface area (Å²) in [6.07, 6.45) is 0. The minimum absolute atomic E-state index is 0.682. The lowest BCUT2D eigenvalue weighted by Gasteiger charge is -2.07. The van der Waals surface area contributed by atoms with E-state index in [1.54, 1.807) is 11.3 Å². The van der Waals surface area contributed by atoms with E-state index >= 15 is 0 Å². The number of benzene rings is 4. The Morgan fingerprint density at radius 3 is 1.52 bits per heavy atom. The molecule has 156 valence electrons. The predicted molar refractivity (Wildman–Crippen MR) is 137 cm³/mol. The zero-order valence-corrected chi connectivity index (χ0v) is 18.5. The summed E-state index contributed by atoms with van der Waals surface area (Å²) in [5, 5.41) is 1.19. The zero-order chi connectivity index (χ0) is 22.0. The van der Waals surface area contributed by atoms with Gasteiger partial charge < -0.3 is 0 Å². The van der Waals surface area contributed by atoms with Crippen LogP contribution < -0.4 is 0 Å². The van der Waals surface area contributed by atoms with E-state index in [-0.39, 0.29) is 0 Å². The summed E-state index contributed by atoms with van der Waals surface area (Å²) in [5.74, 6) is 2.06. The average Bonchev–Trinajstić information content (AvgIpc) is 3.34. The molecular weight excluding hydrogens is 422 g/mol. The first-order chi connectivity index (χ1) is 16.3. The van der Waals surface area contributed by atoms with Crippen LogP contribution in [-0.2, 0) is 0 Å². The molecule has 0 unspecified atom stereocenters. The number of hydrogen-bond donors (Lipinski definition) is 0. The third-order valence-electron chi connectivity index (χ3n) is 5.55. The molecule has 0 bridgehead atoms. The normalized spacial score (nSPS) is 11.0. The van der Waals surface area contributed by atoms with Gasteiger partial charge in [0.2, 0.25) is 0 Å². The van der Waals surface area contributed by atoms with Gasteiger partial charge in [-0.1, -0.05) is 103 Å². The number of aromatic nitrogens is 3. The first-order valence-electron chi connectivity index (χ1n) is 10.8. The Bertz CT molecular complexity index is 1480. The Balaban J connectivity index is 1.49. The van der Waals surface area contributed by atoms with Crippen molar-refractivity contribution in [2.45, 2.75) is 0 Å². The second-order valence-corrected chi connectivity index (χ2v) is 8.85. The molecule has 0 saturated heterocycles. The van der Waals surface area contributed by atoms with Crippen LogP contribution in [0.3, 0.4) is 0 Å². The van der Waals surface area contributed by atoms with Gasteiger partial charge in [0.05, 0.1) is 4.88 Å². The Morgan fingerprint density at radius 2 is 0.939 bits per heavy atom. The van der Waals surface area contributed by atoms with Gasteiger partial charge in [0.25, 0.3) is 0 Å². The molecule has 0 aliphatic heterocycles. The van der Waals surface area contributed by atoms with E-state index in [4.69, 9.17) is 15.0 Å². The van der Waals surface area contributed by atoms with Crippen LogP contribution in [0, 0.1) is 0 Å². The molecule has 3 nitrogen and oxygen atoms in total. The number of hydrogen-bond acceptors (Lipinski definition) is 4. The first kappa shape index (κ1) is 19.5. The van der Waals surface area contributed by atoms with Crippen molar-refractivity contribution in [1.82, 2.24) is 15.0 Å². The van der Waals surface area contributed by atoms with Gasteiger partial charge in [-0.2, -0.15) is 0 Å². The number of rotatable bonds is 4. The minimum Gasteiger partial charge on any atom is -0.208 e. The lowest BCUT2D eigenvalue weighted by molar-refractivity contribution is 1.08. The first-order valence-corrected chi connectivity index (χ1v) is 11.6. The highest BCUT2D eigenvalue weighted by atomic mass is 32.1. The number of fused-ring (bicyclic) bond motifs is 1. The standard InChI is InChI=1S/C29H19N3S/c1-4-10-20(11-5-1)23-16-17-24-19-26(33-25(24)18-23)29-31-27(21-12-6-2-7-13-21)30-28(32-29)22-14-8-3-9-15-22/h1-19H. The topological polar surface area (TPSA) is 38.7 Å². The van der Waals surface area contributed by atoms with Gasteiger partial charge in [-0.3, -0.25) is 0 Å². The van der Waals surface area contributed by atoms with Crippen LogP contribution >= 0.6 is 11.3 Å². The molecule has 6 rings (SSSR count). The maximum atomic E-state index is 4.86. The van der Waals surface area contributed by atoms with Crippen LogP contribution in [-0.4, -0.2) is 15.0 Å². The molecule has 2 aromatic heterocycles. The summed E-state index contributed by atoms with van der Waals surface area (Å²) in [6.45, 7) is 0. The SMILES string of the molecule is c1ccc(-c2ccc3cc(-c4nc(-c5ccccc5)nc(-c5ccccc5)n4)sc3c2)cc1. The van der Waals surface area contributed by atoms with E-state index < -0.39 is 0 Å². The highest BCUT2D eigenvalue weighted by Gasteiger charge is 2.14. The summed E-state index contributed by atoms with van der Waals surface area (Å²) in [6, 6.07) is 39.4. The van der Waals surface area contributed by atoms with Crippen LogP contribution in [0.2, 0.25) is 0 Å². The lowest BCUT2D eigenvalue weighted by Crippen LogP contribution is -1.99. The second-order valence-electron chi connectivity index (χ2n) is 7.77. The quantitative estimate of drug-likeness (QED) is 0.281. The maximum Gasteiger partial charge on any atom is 0.174 e. The molecule has 0 fully saturated rings. The summed E-state index contributed by atoms with van der Waals surface area (Å²) in [5.41, 5.74) is 4.38. The van der Waals surface area contributed by atoms with Gasteiger partial charge in [-0.25, -0.2) is 15.0 Å². The Labute approximate surface area is 196 Å². The summed E-state index contributed by atoms with van der Waals surface area (Å²) in [4.78, 5) is 15.6. The monoisotopic (exact) mass is 441 g/mol. The molecule has 33 heavy (non-hydrogen) atoms. The fourth-order valence-corrected chi connectivity index (χ4v) is 4.91. The van der Waals surface area contributed by atoms with Gasteiger partial charge in [0.1, 0.15) is 0 Å². The van der Waals surface area contributed by atoms with E-state index in [1.807, 2.05) is 66.7 Å². The molecule has 6 aromatic rings. The lowest BCUT2D eigenvalue weighted by atomic mass is 10.1. The number of nitrogens with zero attached hydrogens (tertiary/aromatic N) is 3. The summed E-state index contributed by atoms with van der Waals surface area (Å²) >= 11 is 1.71. The van der Waals surface area contributed by atoms with Gasteiger partial charge in [0.15, 0.2) is 17.5 Å². The Kier molecular flexibility index (Phi) is 4.98. The Hall–Kier alpha value is -4.15. The molecule has 0 aliphatic carbocycles. The Morgan fingerprint density at radius 1 is 0.424 bits per heavy atom. The smallest absolute Gasteiger partial charge is 0.174 e. The van der Waals surface area contributed by atoms with E-state index in [1.165, 1.54) is 21.2 Å². The van der Waals surface area contributed by atoms with Crippen molar-refractivity contribution in [3.05, 3.63) is 115 Å². The molecule has 4 aromatic carbocycles. The fraction of sp³-hybridized carbons (Fsp3) is 0. The van der Waals surface area contributed by atoms with Crippen LogP contribution in [0.25, 0.3) is 54.7 Å². The molecule has 4 heteroatoms. The van der Waals surface area contributed by atoms with Gasteiger partial charge >= 0.3 is 0 Å². The number of thiophene rings is 1. The van der Waals surface area contributed by atoms with Crippen molar-refractivity contribution in [2.24, 2.45) is 0 Å². The molecule has 0 aliphatic rings. The molecule has 0 saturated carbocycles. The van der Waals surface area contributed by atoms with Crippen molar-refractivity contribution in [3.63, 3.8) is 0 Å². The van der Waals surface area contributed by atoms with Crippen molar-refractivity contribution < 1.29 is 0 Å². The molecule has 0 radical (unpaired) electrons. The third kappa shape index (κ3) is 3.93. The second kappa shape index (κ2) is 8.41. The third-order valence-corrected chi connectivity index (χ3v) is 6.64. The minimum atomic E-state index is 0.682. The average molecular weight is 442 g/mol. The maximum absolute atomic E-state index is 4.86.